The monoisotopic (exact) mass is 328 g/mol. The molecule has 2 rings (SSSR count). The minimum atomic E-state index is 0.677. The number of hydrogen-bond donors (Lipinski definition) is 1. The minimum absolute atomic E-state index is 0.677. The first kappa shape index (κ1) is 13.5. The van der Waals surface area contributed by atoms with Crippen LogP contribution in [0.15, 0.2) is 28.9 Å². The number of aromatic nitrogens is 3. The maximum Gasteiger partial charge on any atom is 0.0824 e. The molecule has 2 aromatic rings. The Morgan fingerprint density at radius 1 is 1.44 bits per heavy atom. The molecule has 1 N–H and O–H groups in total. The maximum atomic E-state index is 6.01. The number of nitrogens with zero attached hydrogens (tertiary/aromatic N) is 3. The Labute approximate surface area is 119 Å². The fourth-order valence-corrected chi connectivity index (χ4v) is 2.20. The summed E-state index contributed by atoms with van der Waals surface area (Å²) in [4.78, 5) is 0. The summed E-state index contributed by atoms with van der Waals surface area (Å²) >= 11 is 9.52. The molecule has 1 aromatic carbocycles. The van der Waals surface area contributed by atoms with Gasteiger partial charge < -0.3 is 5.32 Å². The highest BCUT2D eigenvalue weighted by Crippen LogP contribution is 2.24. The van der Waals surface area contributed by atoms with E-state index in [2.05, 4.69) is 38.5 Å². The van der Waals surface area contributed by atoms with Crippen LogP contribution < -0.4 is 5.32 Å². The van der Waals surface area contributed by atoms with Gasteiger partial charge in [0, 0.05) is 16.0 Å². The summed E-state index contributed by atoms with van der Waals surface area (Å²) in [7, 11) is 0. The van der Waals surface area contributed by atoms with Gasteiger partial charge in [-0.15, -0.1) is 5.10 Å². The topological polar surface area (TPSA) is 42.7 Å². The molecule has 0 radical (unpaired) electrons. The molecule has 0 atom stereocenters. The third kappa shape index (κ3) is 3.10. The fourth-order valence-electron chi connectivity index (χ4n) is 1.62. The van der Waals surface area contributed by atoms with Crippen LogP contribution in [-0.4, -0.2) is 21.5 Å². The van der Waals surface area contributed by atoms with Crippen molar-refractivity contribution >= 4 is 27.5 Å². The van der Waals surface area contributed by atoms with Gasteiger partial charge in [0.05, 0.1) is 17.6 Å². The van der Waals surface area contributed by atoms with Gasteiger partial charge in [-0.1, -0.05) is 23.7 Å². The van der Waals surface area contributed by atoms with Crippen molar-refractivity contribution in [2.24, 2.45) is 0 Å². The lowest BCUT2D eigenvalue weighted by molar-refractivity contribution is 0.640. The van der Waals surface area contributed by atoms with Gasteiger partial charge in [-0.05, 0) is 47.1 Å². The average molecular weight is 330 g/mol. The third-order valence-corrected chi connectivity index (χ3v) is 3.39. The highest BCUT2D eigenvalue weighted by Gasteiger charge is 2.09. The van der Waals surface area contributed by atoms with Crippen LogP contribution in [-0.2, 0) is 6.54 Å². The normalized spacial score (nSPS) is 10.8. The molecule has 1 aromatic heterocycles. The van der Waals surface area contributed by atoms with E-state index in [0.29, 0.717) is 5.02 Å². The van der Waals surface area contributed by atoms with E-state index >= 15 is 0 Å². The molecule has 4 nitrogen and oxygen atoms in total. The van der Waals surface area contributed by atoms with Crippen molar-refractivity contribution in [3.63, 3.8) is 0 Å². The van der Waals surface area contributed by atoms with Crippen LogP contribution in [0.4, 0.5) is 0 Å². The molecule has 0 amide bonds. The molecular formula is C12H14BrClN4. The maximum absolute atomic E-state index is 6.01. The highest BCUT2D eigenvalue weighted by molar-refractivity contribution is 9.10. The van der Waals surface area contributed by atoms with E-state index in [-0.39, 0.29) is 0 Å². The van der Waals surface area contributed by atoms with Gasteiger partial charge in [0.2, 0.25) is 0 Å². The van der Waals surface area contributed by atoms with Crippen LogP contribution in [0.2, 0.25) is 5.02 Å². The Kier molecular flexibility index (Phi) is 4.74. The molecule has 6 heteroatoms. The van der Waals surface area contributed by atoms with Crippen LogP contribution in [0.1, 0.15) is 19.0 Å². The Balaban J connectivity index is 2.27. The Bertz CT molecular complexity index is 527. The largest absolute Gasteiger partial charge is 0.311 e. The van der Waals surface area contributed by atoms with Crippen molar-refractivity contribution in [2.75, 3.05) is 6.54 Å². The van der Waals surface area contributed by atoms with Crippen LogP contribution in [0.5, 0.6) is 0 Å². The first-order chi connectivity index (χ1) is 8.72. The molecule has 0 spiro atoms. The van der Waals surface area contributed by atoms with Crippen LogP contribution >= 0.6 is 27.5 Å². The van der Waals surface area contributed by atoms with Gasteiger partial charge in [-0.2, -0.15) is 0 Å². The summed E-state index contributed by atoms with van der Waals surface area (Å²) in [5.41, 5.74) is 1.90. The molecule has 0 bridgehead atoms. The van der Waals surface area contributed by atoms with E-state index in [1.807, 2.05) is 18.2 Å². The number of halogens is 2. The second-order valence-corrected chi connectivity index (χ2v) is 5.20. The van der Waals surface area contributed by atoms with Crippen LogP contribution in [0, 0.1) is 0 Å². The van der Waals surface area contributed by atoms with Gasteiger partial charge in [-0.25, -0.2) is 4.68 Å². The van der Waals surface area contributed by atoms with Gasteiger partial charge >= 0.3 is 0 Å². The third-order valence-electron chi connectivity index (χ3n) is 2.49. The zero-order chi connectivity index (χ0) is 13.0. The fraction of sp³-hybridized carbons (Fsp3) is 0.333. The average Bonchev–Trinajstić information content (AvgIpc) is 2.81. The molecule has 0 unspecified atom stereocenters. The zero-order valence-electron chi connectivity index (χ0n) is 10.0. The first-order valence-electron chi connectivity index (χ1n) is 5.78. The van der Waals surface area contributed by atoms with Crippen molar-refractivity contribution in [3.05, 3.63) is 39.6 Å². The summed E-state index contributed by atoms with van der Waals surface area (Å²) in [6.45, 7) is 3.85. The molecule has 0 saturated heterocycles. The predicted octanol–water partition coefficient (Wildman–Crippen LogP) is 3.18. The molecule has 0 saturated carbocycles. The smallest absolute Gasteiger partial charge is 0.0824 e. The van der Waals surface area contributed by atoms with E-state index in [9.17, 15) is 0 Å². The van der Waals surface area contributed by atoms with E-state index < -0.39 is 0 Å². The van der Waals surface area contributed by atoms with Gasteiger partial charge in [-0.3, -0.25) is 0 Å². The SMILES string of the molecule is CCCNCc1cnnn1-c1cc(Cl)ccc1Br. The van der Waals surface area contributed by atoms with Crippen molar-refractivity contribution in [1.29, 1.82) is 0 Å². The summed E-state index contributed by atoms with van der Waals surface area (Å²) in [5.74, 6) is 0. The molecule has 0 aliphatic rings. The standard InChI is InChI=1S/C12H14BrClN4/c1-2-5-15-7-10-8-16-17-18(10)12-6-9(14)3-4-11(12)13/h3-4,6,8,15H,2,5,7H2,1H3. The zero-order valence-corrected chi connectivity index (χ0v) is 12.4. The highest BCUT2D eigenvalue weighted by atomic mass is 79.9. The lowest BCUT2D eigenvalue weighted by Crippen LogP contribution is -2.17. The summed E-state index contributed by atoms with van der Waals surface area (Å²) in [5, 5.41) is 12.1. The molecule has 0 aliphatic heterocycles. The van der Waals surface area contributed by atoms with E-state index in [1.54, 1.807) is 10.9 Å². The second-order valence-electron chi connectivity index (χ2n) is 3.91. The van der Waals surface area contributed by atoms with E-state index in [4.69, 9.17) is 11.6 Å². The lowest BCUT2D eigenvalue weighted by atomic mass is 10.3. The minimum Gasteiger partial charge on any atom is -0.311 e. The molecule has 0 aliphatic carbocycles. The predicted molar refractivity (Wildman–Crippen MR) is 76.1 cm³/mol. The quantitative estimate of drug-likeness (QED) is 0.857. The van der Waals surface area contributed by atoms with Crippen LogP contribution in [0.25, 0.3) is 5.69 Å². The number of rotatable bonds is 5. The van der Waals surface area contributed by atoms with Gasteiger partial charge in [0.25, 0.3) is 0 Å². The Morgan fingerprint density at radius 3 is 3.06 bits per heavy atom. The summed E-state index contributed by atoms with van der Waals surface area (Å²) < 4.78 is 2.73. The molecular weight excluding hydrogens is 316 g/mol. The van der Waals surface area contributed by atoms with E-state index in [1.165, 1.54) is 0 Å². The number of hydrogen-bond acceptors (Lipinski definition) is 3. The lowest BCUT2D eigenvalue weighted by Gasteiger charge is -2.09. The second kappa shape index (κ2) is 6.31. The first-order valence-corrected chi connectivity index (χ1v) is 6.95. The summed E-state index contributed by atoms with van der Waals surface area (Å²) in [6.07, 6.45) is 2.86. The summed E-state index contributed by atoms with van der Waals surface area (Å²) in [6, 6.07) is 5.60. The van der Waals surface area contributed by atoms with E-state index in [0.717, 1.165) is 35.4 Å². The molecule has 18 heavy (non-hydrogen) atoms. The number of nitrogens with one attached hydrogen (secondary N) is 1. The Morgan fingerprint density at radius 2 is 2.28 bits per heavy atom. The van der Waals surface area contributed by atoms with Crippen molar-refractivity contribution in [1.82, 2.24) is 20.3 Å². The van der Waals surface area contributed by atoms with Crippen molar-refractivity contribution < 1.29 is 0 Å². The molecule has 1 heterocycles. The molecule has 96 valence electrons. The van der Waals surface area contributed by atoms with Gasteiger partial charge in [0.1, 0.15) is 0 Å². The van der Waals surface area contributed by atoms with Gasteiger partial charge in [0.15, 0.2) is 0 Å². The van der Waals surface area contributed by atoms with Crippen molar-refractivity contribution in [2.45, 2.75) is 19.9 Å². The van der Waals surface area contributed by atoms with Crippen LogP contribution in [0.3, 0.4) is 0 Å². The molecule has 0 fully saturated rings. The number of benzene rings is 1. The van der Waals surface area contributed by atoms with Crippen molar-refractivity contribution in [3.8, 4) is 5.69 Å². The Hall–Kier alpha value is -0.910.